The highest BCUT2D eigenvalue weighted by Gasteiger charge is 2.16. The molecule has 4 heteroatoms. The summed E-state index contributed by atoms with van der Waals surface area (Å²) in [5, 5.41) is 2.61. The lowest BCUT2D eigenvalue weighted by Gasteiger charge is -2.19. The highest BCUT2D eigenvalue weighted by atomic mass is 19.1. The van der Waals surface area contributed by atoms with Crippen molar-refractivity contribution in [2.75, 3.05) is 12.0 Å². The number of halogens is 1. The van der Waals surface area contributed by atoms with Crippen LogP contribution in [-0.4, -0.2) is 18.4 Å². The Kier molecular flexibility index (Phi) is 4.49. The van der Waals surface area contributed by atoms with Crippen molar-refractivity contribution in [3.8, 4) is 0 Å². The van der Waals surface area contributed by atoms with Gasteiger partial charge in [-0.1, -0.05) is 12.1 Å². The summed E-state index contributed by atoms with van der Waals surface area (Å²) >= 11 is 0. The smallest absolute Gasteiger partial charge is 0.412 e. The maximum absolute atomic E-state index is 12.2. The van der Waals surface area contributed by atoms with E-state index in [2.05, 4.69) is 5.32 Å². The zero-order chi connectivity index (χ0) is 12.9. The van der Waals surface area contributed by atoms with Crippen molar-refractivity contribution >= 4 is 11.8 Å². The van der Waals surface area contributed by atoms with Crippen LogP contribution in [0.1, 0.15) is 26.3 Å². The Bertz CT molecular complexity index is 385. The number of rotatable bonds is 3. The molecule has 1 amide bonds. The molecular weight excluding hydrogens is 221 g/mol. The number of anilines is 1. The third-order valence-electron chi connectivity index (χ3n) is 1.96. The number of carbonyl (C=O) groups excluding carboxylic acids is 1. The third-order valence-corrected chi connectivity index (χ3v) is 1.96. The second kappa shape index (κ2) is 5.66. The molecule has 0 heterocycles. The number of carbonyl (C=O) groups is 1. The van der Waals surface area contributed by atoms with E-state index in [4.69, 9.17) is 4.74 Å². The molecule has 17 heavy (non-hydrogen) atoms. The summed E-state index contributed by atoms with van der Waals surface area (Å²) in [5.74, 6) is 0. The summed E-state index contributed by atoms with van der Waals surface area (Å²) in [6.45, 7) is 4.99. The average molecular weight is 239 g/mol. The number of aryl methyl sites for hydroxylation is 1. The maximum atomic E-state index is 12.2. The Morgan fingerprint density at radius 2 is 2.12 bits per heavy atom. The van der Waals surface area contributed by atoms with Crippen molar-refractivity contribution in [1.82, 2.24) is 0 Å². The quantitative estimate of drug-likeness (QED) is 0.876. The van der Waals surface area contributed by atoms with Crippen LogP contribution in [0.5, 0.6) is 0 Å². The first kappa shape index (κ1) is 13.5. The van der Waals surface area contributed by atoms with Crippen LogP contribution in [-0.2, 0) is 11.2 Å². The van der Waals surface area contributed by atoms with Gasteiger partial charge in [0.05, 0.1) is 6.67 Å². The van der Waals surface area contributed by atoms with Crippen LogP contribution in [0.15, 0.2) is 24.3 Å². The topological polar surface area (TPSA) is 38.3 Å². The Balaban J connectivity index is 2.62. The van der Waals surface area contributed by atoms with Crippen molar-refractivity contribution in [3.63, 3.8) is 0 Å². The van der Waals surface area contributed by atoms with Crippen LogP contribution >= 0.6 is 0 Å². The molecule has 0 aliphatic carbocycles. The number of nitrogens with one attached hydrogen (secondary N) is 1. The van der Waals surface area contributed by atoms with Gasteiger partial charge in [0.1, 0.15) is 5.60 Å². The molecule has 0 bridgehead atoms. The van der Waals surface area contributed by atoms with E-state index in [1.807, 2.05) is 6.07 Å². The van der Waals surface area contributed by atoms with Crippen molar-refractivity contribution in [1.29, 1.82) is 0 Å². The Labute approximate surface area is 101 Å². The molecule has 0 atom stereocenters. The molecule has 0 aromatic heterocycles. The van der Waals surface area contributed by atoms with Crippen molar-refractivity contribution < 1.29 is 13.9 Å². The third kappa shape index (κ3) is 5.33. The van der Waals surface area contributed by atoms with Gasteiger partial charge in [0.2, 0.25) is 0 Å². The number of hydrogen-bond donors (Lipinski definition) is 1. The highest BCUT2D eigenvalue weighted by molar-refractivity contribution is 5.84. The van der Waals surface area contributed by atoms with Crippen LogP contribution in [0.4, 0.5) is 14.9 Å². The second-order valence-corrected chi connectivity index (χ2v) is 4.77. The van der Waals surface area contributed by atoms with Crippen LogP contribution in [0.2, 0.25) is 0 Å². The molecule has 0 radical (unpaired) electrons. The minimum atomic E-state index is -0.527. The number of benzene rings is 1. The van der Waals surface area contributed by atoms with Gasteiger partial charge < -0.3 is 4.74 Å². The lowest BCUT2D eigenvalue weighted by atomic mass is 10.1. The van der Waals surface area contributed by atoms with Gasteiger partial charge in [-0.2, -0.15) is 0 Å². The first-order valence-electron chi connectivity index (χ1n) is 5.55. The molecule has 94 valence electrons. The van der Waals surface area contributed by atoms with Gasteiger partial charge >= 0.3 is 6.09 Å². The van der Waals surface area contributed by atoms with E-state index in [9.17, 15) is 9.18 Å². The lowest BCUT2D eigenvalue weighted by Crippen LogP contribution is -2.27. The van der Waals surface area contributed by atoms with Crippen LogP contribution < -0.4 is 5.32 Å². The van der Waals surface area contributed by atoms with Gasteiger partial charge in [-0.05, 0) is 38.5 Å². The van der Waals surface area contributed by atoms with E-state index in [-0.39, 0.29) is 0 Å². The van der Waals surface area contributed by atoms with E-state index in [0.29, 0.717) is 12.1 Å². The van der Waals surface area contributed by atoms with Gasteiger partial charge in [0.15, 0.2) is 0 Å². The van der Waals surface area contributed by atoms with Gasteiger partial charge in [-0.25, -0.2) is 4.79 Å². The van der Waals surface area contributed by atoms with E-state index in [0.717, 1.165) is 5.56 Å². The van der Waals surface area contributed by atoms with Crippen molar-refractivity contribution in [2.45, 2.75) is 32.8 Å². The highest BCUT2D eigenvalue weighted by Crippen LogP contribution is 2.14. The molecule has 0 aliphatic heterocycles. The standard InChI is InChI=1S/C13H18FNO2/c1-13(2,3)17-12(16)15-11-6-4-5-10(9-11)7-8-14/h4-6,9H,7-8H2,1-3H3,(H,15,16). The van der Waals surface area contributed by atoms with Gasteiger partial charge in [-0.3, -0.25) is 9.71 Å². The fraction of sp³-hybridized carbons (Fsp3) is 0.462. The zero-order valence-corrected chi connectivity index (χ0v) is 10.4. The molecule has 0 unspecified atom stereocenters. The summed E-state index contributed by atoms with van der Waals surface area (Å²) < 4.78 is 17.3. The summed E-state index contributed by atoms with van der Waals surface area (Å²) in [5.41, 5.74) is 0.937. The molecule has 1 aromatic rings. The zero-order valence-electron chi connectivity index (χ0n) is 10.4. The maximum Gasteiger partial charge on any atom is 0.412 e. The lowest BCUT2D eigenvalue weighted by molar-refractivity contribution is 0.0636. The Morgan fingerprint density at radius 1 is 1.41 bits per heavy atom. The fourth-order valence-corrected chi connectivity index (χ4v) is 1.34. The summed E-state index contributed by atoms with van der Waals surface area (Å²) in [4.78, 5) is 11.5. The van der Waals surface area contributed by atoms with E-state index < -0.39 is 18.4 Å². The fourth-order valence-electron chi connectivity index (χ4n) is 1.34. The van der Waals surface area contributed by atoms with E-state index >= 15 is 0 Å². The Morgan fingerprint density at radius 3 is 2.71 bits per heavy atom. The molecule has 0 saturated heterocycles. The number of ether oxygens (including phenoxy) is 1. The molecule has 0 aliphatic rings. The van der Waals surface area contributed by atoms with E-state index in [1.54, 1.807) is 39.0 Å². The normalized spacial score (nSPS) is 11.1. The van der Waals surface area contributed by atoms with Gasteiger partial charge in [0.25, 0.3) is 0 Å². The van der Waals surface area contributed by atoms with Crippen LogP contribution in [0.3, 0.4) is 0 Å². The minimum Gasteiger partial charge on any atom is -0.444 e. The van der Waals surface area contributed by atoms with Gasteiger partial charge in [0, 0.05) is 12.1 Å². The molecule has 0 spiro atoms. The summed E-state index contributed by atoms with van der Waals surface area (Å²) in [6.07, 6.45) is -0.154. The first-order valence-corrected chi connectivity index (χ1v) is 5.55. The Hall–Kier alpha value is -1.58. The molecule has 0 fully saturated rings. The van der Waals surface area contributed by atoms with Crippen molar-refractivity contribution in [2.24, 2.45) is 0 Å². The summed E-state index contributed by atoms with van der Waals surface area (Å²) in [6, 6.07) is 7.08. The molecule has 1 N–H and O–H groups in total. The number of hydrogen-bond acceptors (Lipinski definition) is 2. The largest absolute Gasteiger partial charge is 0.444 e. The SMILES string of the molecule is CC(C)(C)OC(=O)Nc1cccc(CCF)c1. The molecule has 1 aromatic carbocycles. The summed E-state index contributed by atoms with van der Waals surface area (Å²) in [7, 11) is 0. The van der Waals surface area contributed by atoms with Crippen molar-refractivity contribution in [3.05, 3.63) is 29.8 Å². The second-order valence-electron chi connectivity index (χ2n) is 4.77. The predicted octanol–water partition coefficient (Wildman–Crippen LogP) is 3.55. The molecule has 3 nitrogen and oxygen atoms in total. The van der Waals surface area contributed by atoms with Gasteiger partial charge in [-0.15, -0.1) is 0 Å². The predicted molar refractivity (Wildman–Crippen MR) is 66.0 cm³/mol. The monoisotopic (exact) mass is 239 g/mol. The van der Waals surface area contributed by atoms with Crippen LogP contribution in [0.25, 0.3) is 0 Å². The number of amides is 1. The number of alkyl halides is 1. The van der Waals surface area contributed by atoms with Crippen LogP contribution in [0, 0.1) is 0 Å². The van der Waals surface area contributed by atoms with E-state index in [1.165, 1.54) is 0 Å². The minimum absolute atomic E-state index is 0.351. The first-order chi connectivity index (χ1) is 7.90. The average Bonchev–Trinajstić information content (AvgIpc) is 2.15. The molecule has 1 rings (SSSR count). The molecular formula is C13H18FNO2. The molecule has 0 saturated carbocycles.